The lowest BCUT2D eigenvalue weighted by Gasteiger charge is -2.51. The summed E-state index contributed by atoms with van der Waals surface area (Å²) >= 11 is 1.55. The summed E-state index contributed by atoms with van der Waals surface area (Å²) in [6.07, 6.45) is 14.2. The first kappa shape index (κ1) is 29.9. The largest absolute Gasteiger partial charge is 0.465 e. The summed E-state index contributed by atoms with van der Waals surface area (Å²) in [4.78, 5) is 13.7. The van der Waals surface area contributed by atoms with E-state index in [-0.39, 0.29) is 17.1 Å². The van der Waals surface area contributed by atoms with Crippen LogP contribution in [0, 0.1) is 17.3 Å². The second-order valence-electron chi connectivity index (χ2n) is 13.1. The summed E-state index contributed by atoms with van der Waals surface area (Å²) in [6, 6.07) is 3.94. The average molecular weight is 537 g/mol. The van der Waals surface area contributed by atoms with Crippen molar-refractivity contribution in [2.24, 2.45) is 17.3 Å². The Labute approximate surface area is 225 Å². The molecule has 2 aliphatic rings. The molecule has 4 atom stereocenters. The first-order valence-corrected chi connectivity index (χ1v) is 18.2. The third-order valence-electron chi connectivity index (χ3n) is 9.96. The Hall–Kier alpha value is -0.693. The molecule has 4 nitrogen and oxygen atoms in total. The van der Waals surface area contributed by atoms with Gasteiger partial charge in [0.05, 0.1) is 19.3 Å². The summed E-state index contributed by atoms with van der Waals surface area (Å²) in [6.45, 7) is 14.2. The molecule has 36 heavy (non-hydrogen) atoms. The van der Waals surface area contributed by atoms with Crippen LogP contribution in [0.1, 0.15) is 113 Å². The molecule has 2 aliphatic carbocycles. The van der Waals surface area contributed by atoms with E-state index >= 15 is 0 Å². The summed E-state index contributed by atoms with van der Waals surface area (Å²) < 4.78 is 11.9. The van der Waals surface area contributed by atoms with Crippen LogP contribution in [0.3, 0.4) is 0 Å². The molecule has 0 saturated heterocycles. The predicted octanol–water partition coefficient (Wildman–Crippen LogP) is 8.39. The highest BCUT2D eigenvalue weighted by molar-refractivity contribution is 7.13. The molecule has 1 N–H and O–H groups in total. The Morgan fingerprint density at radius 2 is 1.92 bits per heavy atom. The van der Waals surface area contributed by atoms with Crippen molar-refractivity contribution in [1.29, 1.82) is 0 Å². The Morgan fingerprint density at radius 3 is 2.50 bits per heavy atom. The molecule has 1 heterocycles. The van der Waals surface area contributed by atoms with Crippen LogP contribution in [0.4, 0.5) is 0 Å². The van der Waals surface area contributed by atoms with Crippen LogP contribution in [0.2, 0.25) is 18.1 Å². The number of carbonyl (C=O) groups excluding carboxylic acids is 1. The molecule has 1 aromatic heterocycles. The van der Waals surface area contributed by atoms with Gasteiger partial charge in [-0.15, -0.1) is 11.3 Å². The summed E-state index contributed by atoms with van der Waals surface area (Å²) in [5.41, 5.74) is 0.382. The molecule has 206 valence electrons. The van der Waals surface area contributed by atoms with Crippen molar-refractivity contribution in [1.82, 2.24) is 0 Å². The van der Waals surface area contributed by atoms with Gasteiger partial charge in [0.1, 0.15) is 4.88 Å². The number of aryl methyl sites for hydroxylation is 1. The zero-order chi connectivity index (χ0) is 26.6. The normalized spacial score (nSPS) is 24.9. The monoisotopic (exact) mass is 536 g/mol. The maximum atomic E-state index is 11.7. The van der Waals surface area contributed by atoms with Crippen LogP contribution in [0.25, 0.3) is 0 Å². The number of aliphatic hydroxyl groups excluding tert-OH is 1. The number of methoxy groups -OCH3 is 1. The fourth-order valence-electron chi connectivity index (χ4n) is 6.27. The SMILES string of the molecule is CCC1(C(CCC[C@@H]2[C@@H](CCCc3ccc(C(=O)OC)s3)CC[C@@H]2O)O[Si](C)(C)C(C)(C)C)CCC1. The van der Waals surface area contributed by atoms with Gasteiger partial charge in [0, 0.05) is 4.88 Å². The molecule has 2 saturated carbocycles. The third-order valence-corrected chi connectivity index (χ3v) is 15.6. The molecule has 3 rings (SSSR count). The summed E-state index contributed by atoms with van der Waals surface area (Å²) in [5, 5.41) is 11.0. The van der Waals surface area contributed by atoms with Crippen LogP contribution >= 0.6 is 11.3 Å². The van der Waals surface area contributed by atoms with Gasteiger partial charge in [0.25, 0.3) is 0 Å². The van der Waals surface area contributed by atoms with Crippen LogP contribution in [0.15, 0.2) is 12.1 Å². The molecule has 0 radical (unpaired) electrons. The van der Waals surface area contributed by atoms with Gasteiger partial charge >= 0.3 is 5.97 Å². The Morgan fingerprint density at radius 1 is 1.19 bits per heavy atom. The molecular formula is C30H52O4SSi. The molecule has 0 bridgehead atoms. The van der Waals surface area contributed by atoms with Crippen molar-refractivity contribution in [2.75, 3.05) is 7.11 Å². The van der Waals surface area contributed by atoms with Gasteiger partial charge in [-0.05, 0) is 112 Å². The van der Waals surface area contributed by atoms with Crippen molar-refractivity contribution in [3.8, 4) is 0 Å². The topological polar surface area (TPSA) is 55.8 Å². The van der Waals surface area contributed by atoms with E-state index in [0.29, 0.717) is 28.2 Å². The van der Waals surface area contributed by atoms with Gasteiger partial charge in [-0.3, -0.25) is 0 Å². The van der Waals surface area contributed by atoms with Crippen molar-refractivity contribution in [2.45, 2.75) is 135 Å². The number of ether oxygens (including phenoxy) is 1. The van der Waals surface area contributed by atoms with Crippen LogP contribution < -0.4 is 0 Å². The second-order valence-corrected chi connectivity index (χ2v) is 19.0. The summed E-state index contributed by atoms with van der Waals surface area (Å²) in [7, 11) is -0.386. The molecule has 1 aromatic rings. The van der Waals surface area contributed by atoms with E-state index in [1.54, 1.807) is 11.3 Å². The Balaban J connectivity index is 1.53. The molecule has 0 amide bonds. The lowest BCUT2D eigenvalue weighted by Crippen LogP contribution is -2.51. The number of hydrogen-bond donors (Lipinski definition) is 1. The predicted molar refractivity (Wildman–Crippen MR) is 153 cm³/mol. The van der Waals surface area contributed by atoms with E-state index in [2.05, 4.69) is 46.9 Å². The zero-order valence-corrected chi connectivity index (χ0v) is 25.8. The molecule has 0 aliphatic heterocycles. The van der Waals surface area contributed by atoms with Gasteiger partial charge in [0.2, 0.25) is 0 Å². The van der Waals surface area contributed by atoms with E-state index in [1.807, 2.05) is 6.07 Å². The molecule has 6 heteroatoms. The van der Waals surface area contributed by atoms with E-state index in [0.717, 1.165) is 51.4 Å². The minimum Gasteiger partial charge on any atom is -0.465 e. The first-order chi connectivity index (χ1) is 16.9. The van der Waals surface area contributed by atoms with Crippen molar-refractivity contribution in [3.05, 3.63) is 21.9 Å². The van der Waals surface area contributed by atoms with E-state index in [9.17, 15) is 9.90 Å². The van der Waals surface area contributed by atoms with Gasteiger partial charge in [-0.2, -0.15) is 0 Å². The highest BCUT2D eigenvalue weighted by Gasteiger charge is 2.48. The highest BCUT2D eigenvalue weighted by atomic mass is 32.1. The van der Waals surface area contributed by atoms with Gasteiger partial charge in [-0.25, -0.2) is 4.79 Å². The fraction of sp³-hybridized carbons (Fsp3) is 0.833. The number of thiophene rings is 1. The van der Waals surface area contributed by atoms with Gasteiger partial charge in [0.15, 0.2) is 8.32 Å². The van der Waals surface area contributed by atoms with Crippen LogP contribution in [0.5, 0.6) is 0 Å². The number of rotatable bonds is 13. The smallest absolute Gasteiger partial charge is 0.348 e. The maximum absolute atomic E-state index is 11.7. The molecule has 0 spiro atoms. The van der Waals surface area contributed by atoms with E-state index < -0.39 is 8.32 Å². The number of carbonyl (C=O) groups is 1. The van der Waals surface area contributed by atoms with Crippen molar-refractivity contribution in [3.63, 3.8) is 0 Å². The Kier molecular flexibility index (Phi) is 10.3. The minimum atomic E-state index is -1.82. The van der Waals surface area contributed by atoms with Gasteiger partial charge in [-0.1, -0.05) is 40.5 Å². The first-order valence-electron chi connectivity index (χ1n) is 14.5. The lowest BCUT2D eigenvalue weighted by molar-refractivity contribution is -0.0361. The number of esters is 1. The van der Waals surface area contributed by atoms with Crippen LogP contribution in [-0.4, -0.2) is 38.7 Å². The number of aliphatic hydroxyl groups is 1. The number of hydrogen-bond acceptors (Lipinski definition) is 5. The average Bonchev–Trinajstić information content (AvgIpc) is 3.39. The molecular weight excluding hydrogens is 484 g/mol. The van der Waals surface area contributed by atoms with Crippen molar-refractivity contribution >= 4 is 25.6 Å². The van der Waals surface area contributed by atoms with Crippen LogP contribution in [-0.2, 0) is 15.6 Å². The molecule has 0 aromatic carbocycles. The fourth-order valence-corrected chi connectivity index (χ4v) is 8.67. The van der Waals surface area contributed by atoms with Crippen molar-refractivity contribution < 1.29 is 19.1 Å². The Bertz CT molecular complexity index is 833. The summed E-state index contributed by atoms with van der Waals surface area (Å²) in [5.74, 6) is 0.794. The van der Waals surface area contributed by atoms with E-state index in [1.165, 1.54) is 37.7 Å². The molecule has 1 unspecified atom stereocenters. The zero-order valence-electron chi connectivity index (χ0n) is 24.0. The quantitative estimate of drug-likeness (QED) is 0.203. The highest BCUT2D eigenvalue weighted by Crippen LogP contribution is 2.52. The third kappa shape index (κ3) is 7.03. The van der Waals surface area contributed by atoms with Gasteiger partial charge < -0.3 is 14.3 Å². The van der Waals surface area contributed by atoms with E-state index in [4.69, 9.17) is 9.16 Å². The maximum Gasteiger partial charge on any atom is 0.348 e. The lowest BCUT2D eigenvalue weighted by atomic mass is 9.62. The second kappa shape index (κ2) is 12.4. The molecule has 2 fully saturated rings. The standard InChI is InChI=1S/C30H52O4SSi/c1-8-30(20-11-21-30)27(34-36(6,7)29(2,3)4)15-10-14-24-22(16-18-25(24)31)12-9-13-23-17-19-26(35-23)28(32)33-5/h17,19,22,24-25,27,31H,8-16,18,20-21H2,1-7H3/t22-,24+,25-,27?/m0/s1. The minimum absolute atomic E-state index is 0.147.